The largest absolute Gasteiger partial charge is 0.504 e. The van der Waals surface area contributed by atoms with Gasteiger partial charge in [0.25, 0.3) is 0 Å². The molecule has 8 heteroatoms. The molecule has 3 heterocycles. The predicted molar refractivity (Wildman–Crippen MR) is 140 cm³/mol. The molecule has 36 heavy (non-hydrogen) atoms. The first-order valence-corrected chi connectivity index (χ1v) is 12.2. The molecule has 0 unspecified atom stereocenters. The third kappa shape index (κ3) is 4.83. The van der Waals surface area contributed by atoms with Crippen LogP contribution in [-0.2, 0) is 0 Å². The van der Waals surface area contributed by atoms with Crippen molar-refractivity contribution in [1.82, 2.24) is 19.8 Å². The highest BCUT2D eigenvalue weighted by atomic mass is 16.5. The summed E-state index contributed by atoms with van der Waals surface area (Å²) in [6, 6.07) is 12.7. The number of carbonyl (C=O) groups is 1. The van der Waals surface area contributed by atoms with Gasteiger partial charge in [-0.15, -0.1) is 0 Å². The Kier molecular flexibility index (Phi) is 6.74. The Bertz CT molecular complexity index is 1450. The van der Waals surface area contributed by atoms with Gasteiger partial charge in [-0.05, 0) is 88.3 Å². The lowest BCUT2D eigenvalue weighted by Gasteiger charge is -2.28. The van der Waals surface area contributed by atoms with Gasteiger partial charge in [-0.1, -0.05) is 0 Å². The lowest BCUT2D eigenvalue weighted by atomic mass is 9.98. The second-order valence-electron chi connectivity index (χ2n) is 9.16. The molecule has 2 aromatic carbocycles. The molecule has 2 aromatic heterocycles. The maximum atomic E-state index is 12.3. The number of carbonyl (C=O) groups excluding carboxylic acids is 1. The van der Waals surface area contributed by atoms with Crippen molar-refractivity contribution in [2.75, 3.05) is 33.3 Å². The summed E-state index contributed by atoms with van der Waals surface area (Å²) in [6.07, 6.45) is 5.64. The Labute approximate surface area is 210 Å². The van der Waals surface area contributed by atoms with Gasteiger partial charge in [0.1, 0.15) is 17.2 Å². The van der Waals surface area contributed by atoms with Crippen LogP contribution in [0.25, 0.3) is 26.7 Å². The molecule has 0 radical (unpaired) electrons. The normalized spacial score (nSPS) is 14.6. The average molecular weight is 484 g/mol. The number of piperidine rings is 1. The summed E-state index contributed by atoms with van der Waals surface area (Å²) in [5.74, 6) is 2.30. The maximum Gasteiger partial charge on any atom is 0.326 e. The van der Waals surface area contributed by atoms with Crippen LogP contribution in [0.3, 0.4) is 0 Å². The number of hydrogen-bond donors (Lipinski definition) is 1. The molecule has 184 valence electrons. The van der Waals surface area contributed by atoms with E-state index in [1.54, 1.807) is 29.1 Å². The van der Waals surface area contributed by atoms with Crippen LogP contribution in [0.2, 0.25) is 0 Å². The van der Waals surface area contributed by atoms with Crippen molar-refractivity contribution in [3.63, 3.8) is 0 Å². The summed E-state index contributed by atoms with van der Waals surface area (Å²) in [5.41, 5.74) is 1.96. The summed E-state index contributed by atoms with van der Waals surface area (Å²) in [6.45, 7) is 12.9. The van der Waals surface area contributed by atoms with Crippen LogP contribution in [0.1, 0.15) is 19.8 Å². The molecule has 1 N–H and O–H groups in total. The number of nitrogens with zero attached hydrogens (tertiary/aromatic N) is 4. The Balaban J connectivity index is 1.38. The first kappa shape index (κ1) is 23.6. The summed E-state index contributed by atoms with van der Waals surface area (Å²) in [5, 5.41) is 4.45. The SMILES string of the molecule is [C-]#[N+]c1cc2c(Oc3ccc4c(ccn4C(=O)NCC)c3)ccnc2cc1OCC1CCN(C)CC1. The van der Waals surface area contributed by atoms with E-state index in [-0.39, 0.29) is 6.03 Å². The monoisotopic (exact) mass is 483 g/mol. The molecule has 0 atom stereocenters. The van der Waals surface area contributed by atoms with Crippen molar-refractivity contribution in [2.45, 2.75) is 19.8 Å². The Hall–Kier alpha value is -4.09. The van der Waals surface area contributed by atoms with Crippen LogP contribution in [0, 0.1) is 12.5 Å². The minimum atomic E-state index is -0.165. The minimum absolute atomic E-state index is 0.165. The van der Waals surface area contributed by atoms with E-state index in [4.69, 9.17) is 16.0 Å². The van der Waals surface area contributed by atoms with Gasteiger partial charge in [0, 0.05) is 29.7 Å². The standard InChI is InChI=1S/C28H29N5O3/c1-4-30-28(34)33-14-10-20-15-21(5-6-25(20)33)36-26-7-11-31-23-17-27(24(29-2)16-22(23)26)35-18-19-8-12-32(3)13-9-19/h5-7,10-11,14-17,19H,4,8-9,12-13,18H2,1,3H3,(H,30,34). The second kappa shape index (κ2) is 10.3. The summed E-state index contributed by atoms with van der Waals surface area (Å²) < 4.78 is 13.9. The zero-order valence-corrected chi connectivity index (χ0v) is 20.5. The van der Waals surface area contributed by atoms with E-state index in [0.717, 1.165) is 42.2 Å². The van der Waals surface area contributed by atoms with Gasteiger partial charge in [-0.25, -0.2) is 9.64 Å². The van der Waals surface area contributed by atoms with Gasteiger partial charge in [-0.3, -0.25) is 9.55 Å². The first-order chi connectivity index (χ1) is 17.6. The number of fused-ring (bicyclic) bond motifs is 2. The molecule has 0 spiro atoms. The highest BCUT2D eigenvalue weighted by Crippen LogP contribution is 2.38. The van der Waals surface area contributed by atoms with Gasteiger partial charge in [-0.2, -0.15) is 0 Å². The van der Waals surface area contributed by atoms with Gasteiger partial charge in [0.15, 0.2) is 0 Å². The number of amides is 1. The Morgan fingerprint density at radius 3 is 2.78 bits per heavy atom. The van der Waals surface area contributed by atoms with Crippen LogP contribution in [0.5, 0.6) is 17.2 Å². The van der Waals surface area contributed by atoms with E-state index in [1.807, 2.05) is 37.3 Å². The average Bonchev–Trinajstić information content (AvgIpc) is 3.31. The van der Waals surface area contributed by atoms with E-state index in [2.05, 4.69) is 27.1 Å². The van der Waals surface area contributed by atoms with Gasteiger partial charge >= 0.3 is 6.03 Å². The van der Waals surface area contributed by atoms with E-state index >= 15 is 0 Å². The molecule has 1 aliphatic rings. The molecule has 1 aliphatic heterocycles. The lowest BCUT2D eigenvalue weighted by molar-refractivity contribution is 0.160. The van der Waals surface area contributed by atoms with Gasteiger partial charge < -0.3 is 19.7 Å². The second-order valence-corrected chi connectivity index (χ2v) is 9.16. The predicted octanol–water partition coefficient (Wildman–Crippen LogP) is 5.83. The third-order valence-electron chi connectivity index (χ3n) is 6.65. The number of likely N-dealkylation sites (tertiary alicyclic amines) is 1. The van der Waals surface area contributed by atoms with Crippen LogP contribution in [0.4, 0.5) is 10.5 Å². The van der Waals surface area contributed by atoms with Crippen molar-refractivity contribution >= 4 is 33.5 Å². The molecule has 1 saturated heterocycles. The number of aromatic nitrogens is 2. The Morgan fingerprint density at radius 2 is 2.00 bits per heavy atom. The van der Waals surface area contributed by atoms with Crippen molar-refractivity contribution < 1.29 is 14.3 Å². The van der Waals surface area contributed by atoms with E-state index in [1.165, 1.54) is 0 Å². The fourth-order valence-electron chi connectivity index (χ4n) is 4.59. The number of rotatable bonds is 6. The van der Waals surface area contributed by atoms with E-state index < -0.39 is 0 Å². The van der Waals surface area contributed by atoms with Crippen LogP contribution < -0.4 is 14.8 Å². The van der Waals surface area contributed by atoms with E-state index in [0.29, 0.717) is 47.5 Å². The van der Waals surface area contributed by atoms with Crippen LogP contribution in [-0.4, -0.2) is 53.8 Å². The molecular weight excluding hydrogens is 454 g/mol. The molecule has 0 bridgehead atoms. The van der Waals surface area contributed by atoms with Gasteiger partial charge in [0.05, 0.1) is 24.2 Å². The number of benzene rings is 2. The molecule has 4 aromatic rings. The highest BCUT2D eigenvalue weighted by Gasteiger charge is 2.19. The molecular formula is C28H29N5O3. The molecule has 1 fully saturated rings. The smallest absolute Gasteiger partial charge is 0.326 e. The molecule has 0 aliphatic carbocycles. The zero-order chi connectivity index (χ0) is 25.1. The molecule has 8 nitrogen and oxygen atoms in total. The summed E-state index contributed by atoms with van der Waals surface area (Å²) in [4.78, 5) is 22.8. The highest BCUT2D eigenvalue weighted by molar-refractivity contribution is 5.93. The molecule has 0 saturated carbocycles. The quantitative estimate of drug-likeness (QED) is 0.349. The number of ether oxygens (including phenoxy) is 2. The molecule has 1 amide bonds. The van der Waals surface area contributed by atoms with Crippen molar-refractivity contribution in [2.24, 2.45) is 5.92 Å². The van der Waals surface area contributed by atoms with Crippen LogP contribution in [0.15, 0.2) is 54.9 Å². The summed E-state index contributed by atoms with van der Waals surface area (Å²) in [7, 11) is 2.14. The van der Waals surface area contributed by atoms with Crippen molar-refractivity contribution in [3.8, 4) is 17.2 Å². The number of nitrogens with one attached hydrogen (secondary N) is 1. The van der Waals surface area contributed by atoms with Crippen molar-refractivity contribution in [1.29, 1.82) is 0 Å². The van der Waals surface area contributed by atoms with Gasteiger partial charge in [0.2, 0.25) is 5.69 Å². The zero-order valence-electron chi connectivity index (χ0n) is 20.5. The topological polar surface area (TPSA) is 73.0 Å². The van der Waals surface area contributed by atoms with Crippen molar-refractivity contribution in [3.05, 3.63) is 66.3 Å². The fourth-order valence-corrected chi connectivity index (χ4v) is 4.59. The Morgan fingerprint density at radius 1 is 1.17 bits per heavy atom. The maximum absolute atomic E-state index is 12.3. The molecule has 5 rings (SSSR count). The first-order valence-electron chi connectivity index (χ1n) is 12.2. The van der Waals surface area contributed by atoms with E-state index in [9.17, 15) is 4.79 Å². The third-order valence-corrected chi connectivity index (χ3v) is 6.65. The van der Waals surface area contributed by atoms with Crippen LogP contribution >= 0.6 is 0 Å². The fraction of sp³-hybridized carbons (Fsp3) is 0.321. The number of pyridine rings is 1. The summed E-state index contributed by atoms with van der Waals surface area (Å²) >= 11 is 0. The number of hydrogen-bond acceptors (Lipinski definition) is 5. The minimum Gasteiger partial charge on any atom is -0.504 e. The lowest BCUT2D eigenvalue weighted by Crippen LogP contribution is -2.32.